The third kappa shape index (κ3) is 3.80. The van der Waals surface area contributed by atoms with Crippen LogP contribution in [-0.4, -0.2) is 37.7 Å². The van der Waals surface area contributed by atoms with Gasteiger partial charge in [0.25, 0.3) is 0 Å². The number of methoxy groups -OCH3 is 1. The minimum absolute atomic E-state index is 0.0698. The Kier molecular flexibility index (Phi) is 5.10. The van der Waals surface area contributed by atoms with Gasteiger partial charge in [-0.3, -0.25) is 4.79 Å². The van der Waals surface area contributed by atoms with E-state index in [1.807, 2.05) is 30.3 Å². The molecule has 1 fully saturated rings. The van der Waals surface area contributed by atoms with E-state index in [0.29, 0.717) is 19.4 Å². The highest BCUT2D eigenvalue weighted by atomic mass is 16.5. The predicted molar refractivity (Wildman–Crippen MR) is 74.9 cm³/mol. The molecule has 0 aromatic heterocycles. The van der Waals surface area contributed by atoms with Gasteiger partial charge in [0, 0.05) is 20.1 Å². The summed E-state index contributed by atoms with van der Waals surface area (Å²) in [5.41, 5.74) is 1.04. The monoisotopic (exact) mass is 273 g/mol. The fourth-order valence-electron chi connectivity index (χ4n) is 2.33. The molecule has 0 bridgehead atoms. The minimum atomic E-state index is -0.506. The summed E-state index contributed by atoms with van der Waals surface area (Å²) in [4.78, 5) is 12.1. The fraction of sp³-hybridized carbons (Fsp3) is 0.467. The van der Waals surface area contributed by atoms with Crippen LogP contribution >= 0.6 is 0 Å². The van der Waals surface area contributed by atoms with Crippen molar-refractivity contribution in [1.29, 1.82) is 5.26 Å². The lowest BCUT2D eigenvalue weighted by Crippen LogP contribution is -2.45. The van der Waals surface area contributed by atoms with Crippen molar-refractivity contribution in [3.8, 4) is 6.07 Å². The van der Waals surface area contributed by atoms with E-state index >= 15 is 0 Å². The zero-order valence-corrected chi connectivity index (χ0v) is 11.5. The Bertz CT molecular complexity index is 484. The average Bonchev–Trinajstić information content (AvgIpc) is 2.96. The summed E-state index contributed by atoms with van der Waals surface area (Å²) in [7, 11) is 1.64. The Morgan fingerprint density at radius 2 is 2.30 bits per heavy atom. The number of benzene rings is 1. The molecule has 3 atom stereocenters. The number of rotatable bonds is 5. The summed E-state index contributed by atoms with van der Waals surface area (Å²) < 4.78 is 5.21. The van der Waals surface area contributed by atoms with Crippen molar-refractivity contribution in [2.75, 3.05) is 13.7 Å². The van der Waals surface area contributed by atoms with E-state index in [9.17, 15) is 4.79 Å². The second kappa shape index (κ2) is 7.04. The standard InChI is InChI=1S/C15H19N3O2/c1-20-13-8-14(17-10-13)15(19)18-12(9-16)7-11-5-3-2-4-6-11/h2-6,12-14,17H,7-8,10H2,1H3,(H,18,19)/t12-,13-,14-/m0/s1. The Morgan fingerprint density at radius 1 is 1.55 bits per heavy atom. The van der Waals surface area contributed by atoms with Gasteiger partial charge >= 0.3 is 0 Å². The normalized spacial score (nSPS) is 23.0. The Labute approximate surface area is 118 Å². The van der Waals surface area contributed by atoms with Gasteiger partial charge in [0.1, 0.15) is 6.04 Å². The first-order valence-electron chi connectivity index (χ1n) is 6.73. The van der Waals surface area contributed by atoms with E-state index in [2.05, 4.69) is 16.7 Å². The lowest BCUT2D eigenvalue weighted by atomic mass is 10.1. The quantitative estimate of drug-likeness (QED) is 0.824. The molecule has 20 heavy (non-hydrogen) atoms. The number of carbonyl (C=O) groups is 1. The molecule has 2 N–H and O–H groups in total. The van der Waals surface area contributed by atoms with Crippen molar-refractivity contribution in [3.63, 3.8) is 0 Å². The molecule has 1 aliphatic rings. The van der Waals surface area contributed by atoms with Crippen LogP contribution < -0.4 is 10.6 Å². The summed E-state index contributed by atoms with van der Waals surface area (Å²) in [5, 5.41) is 15.1. The van der Waals surface area contributed by atoms with Crippen molar-refractivity contribution in [2.45, 2.75) is 31.0 Å². The number of hydrogen-bond acceptors (Lipinski definition) is 4. The summed E-state index contributed by atoms with van der Waals surface area (Å²) in [6.45, 7) is 0.671. The lowest BCUT2D eigenvalue weighted by molar-refractivity contribution is -0.123. The van der Waals surface area contributed by atoms with E-state index in [1.165, 1.54) is 0 Å². The molecule has 106 valence electrons. The van der Waals surface area contributed by atoms with Gasteiger partial charge in [-0.15, -0.1) is 0 Å². The summed E-state index contributed by atoms with van der Waals surface area (Å²) >= 11 is 0. The molecule has 1 saturated heterocycles. The number of nitriles is 1. The highest BCUT2D eigenvalue weighted by Crippen LogP contribution is 2.10. The third-order valence-electron chi connectivity index (χ3n) is 3.50. The van der Waals surface area contributed by atoms with E-state index in [1.54, 1.807) is 7.11 Å². The highest BCUT2D eigenvalue weighted by Gasteiger charge is 2.30. The fourth-order valence-corrected chi connectivity index (χ4v) is 2.33. The number of nitrogens with one attached hydrogen (secondary N) is 2. The average molecular weight is 273 g/mol. The molecule has 5 heteroatoms. The molecule has 0 spiro atoms. The largest absolute Gasteiger partial charge is 0.380 e. The van der Waals surface area contributed by atoms with Gasteiger partial charge in [-0.25, -0.2) is 0 Å². The smallest absolute Gasteiger partial charge is 0.238 e. The van der Waals surface area contributed by atoms with E-state index < -0.39 is 6.04 Å². The van der Waals surface area contributed by atoms with Crippen LogP contribution in [-0.2, 0) is 16.0 Å². The van der Waals surface area contributed by atoms with Crippen LogP contribution in [0.2, 0.25) is 0 Å². The third-order valence-corrected chi connectivity index (χ3v) is 3.50. The van der Waals surface area contributed by atoms with Gasteiger partial charge in [0.2, 0.25) is 5.91 Å². The van der Waals surface area contributed by atoms with Crippen LogP contribution in [0, 0.1) is 11.3 Å². The molecule has 1 aliphatic heterocycles. The lowest BCUT2D eigenvalue weighted by Gasteiger charge is -2.15. The molecule has 1 amide bonds. The van der Waals surface area contributed by atoms with Crippen LogP contribution in [0.15, 0.2) is 30.3 Å². The molecule has 0 aliphatic carbocycles. The molecule has 2 rings (SSSR count). The van der Waals surface area contributed by atoms with E-state index in [4.69, 9.17) is 10.00 Å². The van der Waals surface area contributed by atoms with Crippen molar-refractivity contribution in [1.82, 2.24) is 10.6 Å². The molecule has 0 radical (unpaired) electrons. The Morgan fingerprint density at radius 3 is 2.90 bits per heavy atom. The van der Waals surface area contributed by atoms with Crippen LogP contribution in [0.1, 0.15) is 12.0 Å². The molecule has 1 heterocycles. The maximum Gasteiger partial charge on any atom is 0.238 e. The highest BCUT2D eigenvalue weighted by molar-refractivity contribution is 5.82. The minimum Gasteiger partial charge on any atom is -0.380 e. The van der Waals surface area contributed by atoms with Crippen molar-refractivity contribution < 1.29 is 9.53 Å². The first-order valence-corrected chi connectivity index (χ1v) is 6.73. The second-order valence-electron chi connectivity index (χ2n) is 4.93. The summed E-state index contributed by atoms with van der Waals surface area (Å²) in [6, 6.07) is 11.0. The number of amides is 1. The topological polar surface area (TPSA) is 74.2 Å². The molecule has 0 unspecified atom stereocenters. The van der Waals surface area contributed by atoms with Crippen molar-refractivity contribution >= 4 is 5.91 Å². The predicted octanol–water partition coefficient (Wildman–Crippen LogP) is 0.614. The number of ether oxygens (including phenoxy) is 1. The molecule has 0 saturated carbocycles. The van der Waals surface area contributed by atoms with Crippen molar-refractivity contribution in [3.05, 3.63) is 35.9 Å². The zero-order valence-electron chi connectivity index (χ0n) is 11.5. The van der Waals surface area contributed by atoms with Crippen molar-refractivity contribution in [2.24, 2.45) is 0 Å². The number of carbonyl (C=O) groups excluding carboxylic acids is 1. The second-order valence-corrected chi connectivity index (χ2v) is 4.93. The molecule has 5 nitrogen and oxygen atoms in total. The Balaban J connectivity index is 1.87. The summed E-state index contributed by atoms with van der Waals surface area (Å²) in [6.07, 6.45) is 1.23. The SMILES string of the molecule is CO[C@@H]1CN[C@H](C(=O)N[C@H](C#N)Cc2ccccc2)C1. The Hall–Kier alpha value is -1.90. The van der Waals surface area contributed by atoms with Crippen LogP contribution in [0.25, 0.3) is 0 Å². The van der Waals surface area contributed by atoms with E-state index in [-0.39, 0.29) is 18.1 Å². The first-order chi connectivity index (χ1) is 9.72. The van der Waals surface area contributed by atoms with Gasteiger partial charge < -0.3 is 15.4 Å². The molecule has 1 aromatic carbocycles. The first kappa shape index (κ1) is 14.5. The van der Waals surface area contributed by atoms with Crippen LogP contribution in [0.3, 0.4) is 0 Å². The van der Waals surface area contributed by atoms with Gasteiger partial charge in [0.05, 0.1) is 18.2 Å². The van der Waals surface area contributed by atoms with Crippen LogP contribution in [0.5, 0.6) is 0 Å². The van der Waals surface area contributed by atoms with Gasteiger partial charge in [-0.1, -0.05) is 30.3 Å². The molecular weight excluding hydrogens is 254 g/mol. The maximum absolute atomic E-state index is 12.1. The molecule has 1 aromatic rings. The number of hydrogen-bond donors (Lipinski definition) is 2. The van der Waals surface area contributed by atoms with Gasteiger partial charge in [-0.05, 0) is 12.0 Å². The van der Waals surface area contributed by atoms with Gasteiger partial charge in [0.15, 0.2) is 0 Å². The zero-order chi connectivity index (χ0) is 14.4. The summed E-state index contributed by atoms with van der Waals surface area (Å²) in [5.74, 6) is -0.132. The van der Waals surface area contributed by atoms with E-state index in [0.717, 1.165) is 5.56 Å². The number of nitrogens with zero attached hydrogens (tertiary/aromatic N) is 1. The van der Waals surface area contributed by atoms with Crippen LogP contribution in [0.4, 0.5) is 0 Å². The maximum atomic E-state index is 12.1. The van der Waals surface area contributed by atoms with Gasteiger partial charge in [-0.2, -0.15) is 5.26 Å². The molecular formula is C15H19N3O2.